The zero-order chi connectivity index (χ0) is 30.3. The predicted molar refractivity (Wildman–Crippen MR) is 167 cm³/mol. The van der Waals surface area contributed by atoms with E-state index in [2.05, 4.69) is 5.32 Å². The molecule has 1 atom stereocenters. The van der Waals surface area contributed by atoms with Crippen LogP contribution < -0.4 is 9.62 Å². The Morgan fingerprint density at radius 1 is 0.902 bits per heavy atom. The lowest BCUT2D eigenvalue weighted by Gasteiger charge is -2.34. The predicted octanol–water partition coefficient (Wildman–Crippen LogP) is 5.79. The molecule has 3 aromatic rings. The molecule has 3 aromatic carbocycles. The molecule has 3 rings (SSSR count). The summed E-state index contributed by atoms with van der Waals surface area (Å²) >= 11 is 13.0. The number of hydrogen-bond donors (Lipinski definition) is 1. The van der Waals surface area contributed by atoms with E-state index >= 15 is 0 Å². The smallest absolute Gasteiger partial charge is 0.244 e. The lowest BCUT2D eigenvalue weighted by molar-refractivity contribution is -0.140. The highest BCUT2D eigenvalue weighted by Crippen LogP contribution is 2.28. The number of rotatable bonds is 12. The van der Waals surface area contributed by atoms with Crippen LogP contribution in [0.15, 0.2) is 66.7 Å². The van der Waals surface area contributed by atoms with E-state index in [1.54, 1.807) is 30.3 Å². The van der Waals surface area contributed by atoms with Crippen LogP contribution in [0.1, 0.15) is 36.1 Å². The molecule has 41 heavy (non-hydrogen) atoms. The molecule has 0 aromatic heterocycles. The average Bonchev–Trinajstić information content (AvgIpc) is 2.88. The number of carbonyl (C=O) groups excluding carboxylic acids is 2. The summed E-state index contributed by atoms with van der Waals surface area (Å²) in [4.78, 5) is 29.3. The summed E-state index contributed by atoms with van der Waals surface area (Å²) in [5, 5.41) is 3.63. The van der Waals surface area contributed by atoms with E-state index in [4.69, 9.17) is 23.2 Å². The van der Waals surface area contributed by atoms with E-state index < -0.39 is 28.5 Å². The third-order valence-electron chi connectivity index (χ3n) is 6.52. The average molecular weight is 619 g/mol. The van der Waals surface area contributed by atoms with Crippen molar-refractivity contribution in [2.75, 3.05) is 23.7 Å². The summed E-state index contributed by atoms with van der Waals surface area (Å²) in [5.74, 6) is -0.730. The highest BCUT2D eigenvalue weighted by Gasteiger charge is 2.34. The van der Waals surface area contributed by atoms with Crippen molar-refractivity contribution in [3.8, 4) is 0 Å². The van der Waals surface area contributed by atoms with Gasteiger partial charge in [0.2, 0.25) is 21.8 Å². The second-order valence-corrected chi connectivity index (χ2v) is 13.4. The van der Waals surface area contributed by atoms with E-state index in [9.17, 15) is 18.0 Å². The normalized spacial score (nSPS) is 12.2. The Morgan fingerprint density at radius 2 is 1.49 bits per heavy atom. The van der Waals surface area contributed by atoms with Crippen molar-refractivity contribution in [3.05, 3.63) is 99.0 Å². The molecule has 0 saturated heterocycles. The fourth-order valence-corrected chi connectivity index (χ4v) is 5.89. The summed E-state index contributed by atoms with van der Waals surface area (Å²) in [6.07, 6.45) is 1.27. The molecule has 0 radical (unpaired) electrons. The number of nitrogens with zero attached hydrogens (tertiary/aromatic N) is 2. The molecule has 0 aliphatic rings. The molecule has 0 aliphatic heterocycles. The minimum Gasteiger partial charge on any atom is -0.354 e. The first-order valence-corrected chi connectivity index (χ1v) is 16.0. The lowest BCUT2D eigenvalue weighted by atomic mass is 10.0. The Hall–Kier alpha value is -3.07. The number of hydrogen-bond acceptors (Lipinski definition) is 4. The van der Waals surface area contributed by atoms with Gasteiger partial charge in [0.15, 0.2) is 0 Å². The highest BCUT2D eigenvalue weighted by atomic mass is 35.5. The fraction of sp³-hybridized carbons (Fsp3) is 0.355. The van der Waals surface area contributed by atoms with Gasteiger partial charge in [-0.05, 0) is 60.7 Å². The summed E-state index contributed by atoms with van der Waals surface area (Å²) in [7, 11) is -3.86. The highest BCUT2D eigenvalue weighted by molar-refractivity contribution is 7.92. The van der Waals surface area contributed by atoms with Crippen molar-refractivity contribution in [1.82, 2.24) is 10.2 Å². The van der Waals surface area contributed by atoms with E-state index in [0.717, 1.165) is 27.3 Å². The first-order valence-electron chi connectivity index (χ1n) is 13.4. The van der Waals surface area contributed by atoms with Crippen molar-refractivity contribution in [2.45, 2.75) is 46.7 Å². The maximum Gasteiger partial charge on any atom is 0.244 e. The summed E-state index contributed by atoms with van der Waals surface area (Å²) < 4.78 is 27.0. The van der Waals surface area contributed by atoms with Crippen LogP contribution in [0.2, 0.25) is 10.0 Å². The molecule has 220 valence electrons. The lowest BCUT2D eigenvalue weighted by Crippen LogP contribution is -2.53. The topological polar surface area (TPSA) is 86.8 Å². The van der Waals surface area contributed by atoms with Crippen molar-refractivity contribution in [1.29, 1.82) is 0 Å². The van der Waals surface area contributed by atoms with Gasteiger partial charge < -0.3 is 10.2 Å². The van der Waals surface area contributed by atoms with E-state index in [-0.39, 0.29) is 24.8 Å². The molecule has 10 heteroatoms. The third-order valence-corrected chi connectivity index (χ3v) is 8.37. The second kappa shape index (κ2) is 14.2. The number of amides is 2. The monoisotopic (exact) mass is 617 g/mol. The minimum atomic E-state index is -3.86. The van der Waals surface area contributed by atoms with E-state index in [0.29, 0.717) is 27.8 Å². The van der Waals surface area contributed by atoms with Crippen LogP contribution in [0.25, 0.3) is 0 Å². The number of anilines is 1. The largest absolute Gasteiger partial charge is 0.354 e. The summed E-state index contributed by atoms with van der Waals surface area (Å²) in [6.45, 7) is 7.50. The van der Waals surface area contributed by atoms with Crippen molar-refractivity contribution in [3.63, 3.8) is 0 Å². The number of halogens is 2. The number of sulfonamides is 1. The van der Waals surface area contributed by atoms with Gasteiger partial charge in [-0.1, -0.05) is 79.5 Å². The van der Waals surface area contributed by atoms with E-state index in [1.165, 1.54) is 4.90 Å². The molecule has 0 bridgehead atoms. The van der Waals surface area contributed by atoms with Crippen LogP contribution in [0.5, 0.6) is 0 Å². The van der Waals surface area contributed by atoms with Gasteiger partial charge in [0.1, 0.15) is 12.6 Å². The van der Waals surface area contributed by atoms with Gasteiger partial charge >= 0.3 is 0 Å². The molecule has 7 nitrogen and oxygen atoms in total. The van der Waals surface area contributed by atoms with E-state index in [1.807, 2.05) is 64.1 Å². The Labute approximate surface area is 253 Å². The first kappa shape index (κ1) is 32.4. The SMILES string of the molecule is Cc1cc(C)cc(N(CC(=O)N(Cc2c(Cl)cccc2Cl)[C@H](Cc2ccccc2)C(=O)NCC(C)C)S(C)(=O)=O)c1. The van der Waals surface area contributed by atoms with Crippen molar-refractivity contribution < 1.29 is 18.0 Å². The molecular weight excluding hydrogens is 581 g/mol. The molecule has 1 N–H and O–H groups in total. The van der Waals surface area contributed by atoms with Gasteiger partial charge in [0.05, 0.1) is 11.9 Å². The number of carbonyl (C=O) groups is 2. The maximum absolute atomic E-state index is 14.2. The van der Waals surface area contributed by atoms with Crippen LogP contribution in [0.4, 0.5) is 5.69 Å². The van der Waals surface area contributed by atoms with Crippen LogP contribution >= 0.6 is 23.2 Å². The fourth-order valence-electron chi connectivity index (χ4n) is 4.54. The summed E-state index contributed by atoms with van der Waals surface area (Å²) in [5.41, 5.74) is 3.40. The Kier molecular flexibility index (Phi) is 11.2. The molecule has 2 amide bonds. The number of nitrogens with one attached hydrogen (secondary N) is 1. The van der Waals surface area contributed by atoms with Gasteiger partial charge in [0, 0.05) is 35.1 Å². The Balaban J connectivity index is 2.11. The van der Waals surface area contributed by atoms with Gasteiger partial charge in [-0.15, -0.1) is 0 Å². The van der Waals surface area contributed by atoms with Crippen LogP contribution in [-0.4, -0.2) is 50.5 Å². The standard InChI is InChI=1S/C31H37Cl2N3O4S/c1-21(2)18-34-31(38)29(17-24-10-7-6-8-11-24)35(19-26-27(32)12-9-13-28(26)33)30(37)20-36(41(5,39)40)25-15-22(3)14-23(4)16-25/h6-16,21,29H,17-20H2,1-5H3,(H,34,38)/t29-/m1/s1. The maximum atomic E-state index is 14.2. The van der Waals surface area contributed by atoms with Gasteiger partial charge in [-0.2, -0.15) is 0 Å². The van der Waals surface area contributed by atoms with Gasteiger partial charge in [-0.25, -0.2) is 8.42 Å². The van der Waals surface area contributed by atoms with Crippen molar-refractivity contribution >= 4 is 50.7 Å². The van der Waals surface area contributed by atoms with Crippen molar-refractivity contribution in [2.24, 2.45) is 5.92 Å². The first-order chi connectivity index (χ1) is 19.3. The Morgan fingerprint density at radius 3 is 2.02 bits per heavy atom. The molecule has 0 fully saturated rings. The zero-order valence-electron chi connectivity index (χ0n) is 24.0. The Bertz CT molecular complexity index is 1440. The molecule has 0 heterocycles. The third kappa shape index (κ3) is 9.21. The van der Waals surface area contributed by atoms with Crippen LogP contribution in [-0.2, 0) is 32.6 Å². The molecule has 0 spiro atoms. The molecule has 0 saturated carbocycles. The van der Waals surface area contributed by atoms with Crippen LogP contribution in [0.3, 0.4) is 0 Å². The molecule has 0 aliphatic carbocycles. The quantitative estimate of drug-likeness (QED) is 0.279. The zero-order valence-corrected chi connectivity index (χ0v) is 26.4. The minimum absolute atomic E-state index is 0.0889. The van der Waals surface area contributed by atoms with Gasteiger partial charge in [0.25, 0.3) is 0 Å². The molecule has 0 unspecified atom stereocenters. The van der Waals surface area contributed by atoms with Gasteiger partial charge in [-0.3, -0.25) is 13.9 Å². The molecular formula is C31H37Cl2N3O4S. The number of aryl methyl sites for hydroxylation is 2. The number of benzene rings is 3. The summed E-state index contributed by atoms with van der Waals surface area (Å²) in [6, 6.07) is 18.8. The second-order valence-electron chi connectivity index (χ2n) is 10.7. The van der Waals surface area contributed by atoms with Crippen LogP contribution in [0, 0.1) is 19.8 Å².